The van der Waals surface area contributed by atoms with Crippen LogP contribution in [-0.4, -0.2) is 29.2 Å². The molecule has 1 N–H and O–H groups in total. The van der Waals surface area contributed by atoms with Gasteiger partial charge in [0.1, 0.15) is 5.78 Å². The van der Waals surface area contributed by atoms with E-state index in [0.29, 0.717) is 13.0 Å². The van der Waals surface area contributed by atoms with E-state index < -0.39 is 5.60 Å². The molecule has 0 aromatic rings. The highest BCUT2D eigenvalue weighted by atomic mass is 16.5. The monoisotopic (exact) mass is 246 g/mol. The van der Waals surface area contributed by atoms with Crippen LogP contribution >= 0.6 is 0 Å². The van der Waals surface area contributed by atoms with Crippen LogP contribution in [0.15, 0.2) is 0 Å². The standard InChI is InChI=1S/C15H18O3/c1-5-15(17,6-2)7-10-9-18-13-12(10)11(16)8-14(13,3)4/h1-2,10,12-13,17H,7-9H2,3-4H3/t10-,12+,13+/m1/s1. The normalized spacial score (nSPS) is 33.8. The molecule has 1 heterocycles. The molecule has 1 saturated carbocycles. The molecule has 1 aliphatic heterocycles. The summed E-state index contributed by atoms with van der Waals surface area (Å²) in [5.74, 6) is 4.39. The van der Waals surface area contributed by atoms with Gasteiger partial charge in [0.05, 0.1) is 12.7 Å². The molecular formula is C15H18O3. The van der Waals surface area contributed by atoms with Crippen molar-refractivity contribution in [2.45, 2.75) is 38.4 Å². The predicted molar refractivity (Wildman–Crippen MR) is 67.4 cm³/mol. The number of rotatable bonds is 2. The van der Waals surface area contributed by atoms with Crippen LogP contribution in [0.2, 0.25) is 0 Å². The van der Waals surface area contributed by atoms with Crippen molar-refractivity contribution in [2.24, 2.45) is 17.3 Å². The van der Waals surface area contributed by atoms with Crippen molar-refractivity contribution in [2.75, 3.05) is 6.61 Å². The molecule has 96 valence electrons. The number of ether oxygens (including phenoxy) is 1. The molecule has 2 aliphatic rings. The first-order chi connectivity index (χ1) is 8.33. The Labute approximate surface area is 108 Å². The number of ketones is 1. The number of aliphatic hydroxyl groups is 1. The number of carbonyl (C=O) groups is 1. The number of hydrogen-bond donors (Lipinski definition) is 1. The molecule has 18 heavy (non-hydrogen) atoms. The molecular weight excluding hydrogens is 228 g/mol. The largest absolute Gasteiger partial charge is 0.377 e. The fourth-order valence-electron chi connectivity index (χ4n) is 3.22. The highest BCUT2D eigenvalue weighted by Crippen LogP contribution is 2.49. The van der Waals surface area contributed by atoms with Crippen molar-refractivity contribution in [1.82, 2.24) is 0 Å². The Morgan fingerprint density at radius 3 is 2.67 bits per heavy atom. The van der Waals surface area contributed by atoms with Crippen molar-refractivity contribution in [3.8, 4) is 24.7 Å². The average Bonchev–Trinajstić information content (AvgIpc) is 2.81. The zero-order valence-corrected chi connectivity index (χ0v) is 10.8. The molecule has 0 spiro atoms. The topological polar surface area (TPSA) is 46.5 Å². The van der Waals surface area contributed by atoms with Crippen LogP contribution in [0.5, 0.6) is 0 Å². The second-order valence-corrected chi connectivity index (χ2v) is 6.02. The second-order valence-electron chi connectivity index (χ2n) is 6.02. The third-order valence-electron chi connectivity index (χ3n) is 4.13. The van der Waals surface area contributed by atoms with E-state index in [1.54, 1.807) is 0 Å². The van der Waals surface area contributed by atoms with Crippen LogP contribution in [0.25, 0.3) is 0 Å². The van der Waals surface area contributed by atoms with Gasteiger partial charge in [-0.25, -0.2) is 0 Å². The van der Waals surface area contributed by atoms with E-state index in [-0.39, 0.29) is 35.6 Å². The van der Waals surface area contributed by atoms with E-state index in [0.717, 1.165) is 0 Å². The Hall–Kier alpha value is -1.29. The molecule has 2 rings (SSSR count). The summed E-state index contributed by atoms with van der Waals surface area (Å²) in [4.78, 5) is 12.1. The molecule has 0 aromatic heterocycles. The van der Waals surface area contributed by atoms with Gasteiger partial charge in [0.2, 0.25) is 0 Å². The van der Waals surface area contributed by atoms with E-state index in [1.165, 1.54) is 0 Å². The lowest BCUT2D eigenvalue weighted by Gasteiger charge is -2.24. The number of terminal acetylenes is 2. The third kappa shape index (κ3) is 1.94. The molecule has 0 radical (unpaired) electrons. The third-order valence-corrected chi connectivity index (χ3v) is 4.13. The summed E-state index contributed by atoms with van der Waals surface area (Å²) in [5, 5.41) is 9.99. The van der Waals surface area contributed by atoms with Gasteiger partial charge in [-0.3, -0.25) is 4.79 Å². The number of hydrogen-bond acceptors (Lipinski definition) is 3. The zero-order valence-electron chi connectivity index (χ0n) is 10.8. The number of carbonyl (C=O) groups excluding carboxylic acids is 1. The van der Waals surface area contributed by atoms with Gasteiger partial charge in [0, 0.05) is 18.8 Å². The summed E-state index contributed by atoms with van der Waals surface area (Å²) in [7, 11) is 0. The molecule has 0 aromatic carbocycles. The molecule has 1 saturated heterocycles. The lowest BCUT2D eigenvalue weighted by atomic mass is 9.80. The first-order valence-electron chi connectivity index (χ1n) is 6.15. The zero-order chi connectivity index (χ0) is 13.6. The van der Waals surface area contributed by atoms with E-state index in [9.17, 15) is 9.90 Å². The molecule has 2 fully saturated rings. The molecule has 0 unspecified atom stereocenters. The van der Waals surface area contributed by atoms with Crippen LogP contribution < -0.4 is 0 Å². The highest BCUT2D eigenvalue weighted by molar-refractivity contribution is 5.85. The van der Waals surface area contributed by atoms with Gasteiger partial charge in [0.25, 0.3) is 0 Å². The SMILES string of the molecule is C#CC(O)(C#C)C[C@@H]1CO[C@H]2[C@@H]1C(=O)CC2(C)C. The number of fused-ring (bicyclic) bond motifs is 1. The first kappa shape index (κ1) is 13.1. The van der Waals surface area contributed by atoms with Crippen LogP contribution in [0.3, 0.4) is 0 Å². The van der Waals surface area contributed by atoms with Crippen molar-refractivity contribution < 1.29 is 14.6 Å². The Kier molecular flexibility index (Phi) is 3.01. The maximum absolute atomic E-state index is 12.1. The van der Waals surface area contributed by atoms with Crippen LogP contribution in [0.1, 0.15) is 26.7 Å². The van der Waals surface area contributed by atoms with Gasteiger partial charge in [-0.15, -0.1) is 12.8 Å². The fraction of sp³-hybridized carbons (Fsp3) is 0.667. The van der Waals surface area contributed by atoms with E-state index in [1.807, 2.05) is 13.8 Å². The van der Waals surface area contributed by atoms with E-state index in [2.05, 4.69) is 11.8 Å². The summed E-state index contributed by atoms with van der Waals surface area (Å²) in [6, 6.07) is 0. The molecule has 3 heteroatoms. The number of Topliss-reactive ketones (excluding diaryl/α,β-unsaturated/α-hetero) is 1. The average molecular weight is 246 g/mol. The molecule has 0 bridgehead atoms. The minimum absolute atomic E-state index is 0.0743. The molecule has 0 amide bonds. The maximum Gasteiger partial charge on any atom is 0.187 e. The first-order valence-corrected chi connectivity index (χ1v) is 6.15. The van der Waals surface area contributed by atoms with E-state index in [4.69, 9.17) is 17.6 Å². The maximum atomic E-state index is 12.1. The summed E-state index contributed by atoms with van der Waals surface area (Å²) >= 11 is 0. The molecule has 3 atom stereocenters. The predicted octanol–water partition coefficient (Wildman–Crippen LogP) is 1.00. The van der Waals surface area contributed by atoms with E-state index >= 15 is 0 Å². The second kappa shape index (κ2) is 4.12. The summed E-state index contributed by atoms with van der Waals surface area (Å²) in [6.45, 7) is 4.51. The Balaban J connectivity index is 2.18. The minimum atomic E-state index is -1.57. The van der Waals surface area contributed by atoms with Gasteiger partial charge in [0.15, 0.2) is 5.60 Å². The lowest BCUT2D eigenvalue weighted by Crippen LogP contribution is -2.33. The summed E-state index contributed by atoms with van der Waals surface area (Å²) in [6.07, 6.45) is 11.2. The van der Waals surface area contributed by atoms with Crippen molar-refractivity contribution in [3.63, 3.8) is 0 Å². The molecule has 1 aliphatic carbocycles. The van der Waals surface area contributed by atoms with Crippen LogP contribution in [0.4, 0.5) is 0 Å². The molecule has 3 nitrogen and oxygen atoms in total. The fourth-order valence-corrected chi connectivity index (χ4v) is 3.22. The quantitative estimate of drug-likeness (QED) is 0.740. The lowest BCUT2D eigenvalue weighted by molar-refractivity contribution is -0.122. The van der Waals surface area contributed by atoms with Gasteiger partial charge in [-0.1, -0.05) is 25.7 Å². The van der Waals surface area contributed by atoms with Gasteiger partial charge < -0.3 is 9.84 Å². The van der Waals surface area contributed by atoms with Crippen molar-refractivity contribution >= 4 is 5.78 Å². The van der Waals surface area contributed by atoms with Crippen molar-refractivity contribution in [3.05, 3.63) is 0 Å². The Bertz CT molecular complexity index is 435. The Morgan fingerprint density at radius 1 is 1.50 bits per heavy atom. The summed E-state index contributed by atoms with van der Waals surface area (Å²) in [5.41, 5.74) is -1.71. The smallest absolute Gasteiger partial charge is 0.187 e. The van der Waals surface area contributed by atoms with Crippen molar-refractivity contribution in [1.29, 1.82) is 0 Å². The van der Waals surface area contributed by atoms with Gasteiger partial charge in [-0.2, -0.15) is 0 Å². The van der Waals surface area contributed by atoms with Crippen LogP contribution in [0, 0.1) is 41.9 Å². The van der Waals surface area contributed by atoms with Gasteiger partial charge >= 0.3 is 0 Å². The Morgan fingerprint density at radius 2 is 2.11 bits per heavy atom. The van der Waals surface area contributed by atoms with Crippen LogP contribution in [-0.2, 0) is 9.53 Å². The minimum Gasteiger partial charge on any atom is -0.377 e. The summed E-state index contributed by atoms with van der Waals surface area (Å²) < 4.78 is 5.74. The highest BCUT2D eigenvalue weighted by Gasteiger charge is 2.56. The van der Waals surface area contributed by atoms with Gasteiger partial charge in [-0.05, 0) is 11.3 Å².